The van der Waals surface area contributed by atoms with E-state index in [9.17, 15) is 13.5 Å². The fourth-order valence-corrected chi connectivity index (χ4v) is 3.58. The first-order chi connectivity index (χ1) is 7.73. The summed E-state index contributed by atoms with van der Waals surface area (Å²) in [5, 5.41) is 9.24. The zero-order valence-corrected chi connectivity index (χ0v) is 11.6. The van der Waals surface area contributed by atoms with Crippen molar-refractivity contribution < 1.29 is 18.3 Å². The van der Waals surface area contributed by atoms with Gasteiger partial charge in [-0.3, -0.25) is 0 Å². The van der Waals surface area contributed by atoms with Crippen molar-refractivity contribution in [2.75, 3.05) is 26.7 Å². The first-order valence-electron chi connectivity index (χ1n) is 5.78. The quantitative estimate of drug-likeness (QED) is 0.755. The average Bonchev–Trinajstić information content (AvgIpc) is 2.14. The van der Waals surface area contributed by atoms with E-state index in [-0.39, 0.29) is 18.8 Å². The molecule has 3 unspecified atom stereocenters. The molecule has 0 aliphatic carbocycles. The van der Waals surface area contributed by atoms with Crippen LogP contribution in [0.4, 0.5) is 0 Å². The van der Waals surface area contributed by atoms with Crippen LogP contribution < -0.4 is 0 Å². The van der Waals surface area contributed by atoms with Gasteiger partial charge in [0.25, 0.3) is 10.2 Å². The molecule has 0 spiro atoms. The number of aliphatic hydroxyl groups excluding tert-OH is 1. The predicted octanol–water partition coefficient (Wildman–Crippen LogP) is -0.347. The summed E-state index contributed by atoms with van der Waals surface area (Å²) in [5.74, 6) is 0. The number of likely N-dealkylation sites (N-methyl/N-ethyl adjacent to an activating group) is 1. The lowest BCUT2D eigenvalue weighted by molar-refractivity contribution is -0.0454. The van der Waals surface area contributed by atoms with Crippen LogP contribution in [0.1, 0.15) is 20.8 Å². The van der Waals surface area contributed by atoms with Gasteiger partial charge in [0.15, 0.2) is 0 Å². The molecule has 1 saturated heterocycles. The van der Waals surface area contributed by atoms with Gasteiger partial charge in [-0.25, -0.2) is 0 Å². The largest absolute Gasteiger partial charge is 0.392 e. The molecule has 0 bridgehead atoms. The van der Waals surface area contributed by atoms with Gasteiger partial charge in [-0.2, -0.15) is 17.0 Å². The molecule has 0 saturated carbocycles. The molecule has 1 aliphatic rings. The Kier molecular flexibility index (Phi) is 4.91. The fraction of sp³-hybridized carbons (Fsp3) is 1.00. The summed E-state index contributed by atoms with van der Waals surface area (Å²) in [6, 6.07) is 0. The molecule has 0 aromatic carbocycles. The molecule has 0 radical (unpaired) electrons. The average molecular weight is 266 g/mol. The maximum absolute atomic E-state index is 12.2. The lowest BCUT2D eigenvalue weighted by Crippen LogP contribution is -2.53. The normalized spacial score (nSPS) is 29.5. The van der Waals surface area contributed by atoms with Gasteiger partial charge in [-0.05, 0) is 20.8 Å². The van der Waals surface area contributed by atoms with Crippen molar-refractivity contribution >= 4 is 10.2 Å². The highest BCUT2D eigenvalue weighted by atomic mass is 32.2. The second-order valence-electron chi connectivity index (χ2n) is 4.71. The summed E-state index contributed by atoms with van der Waals surface area (Å²) >= 11 is 0. The van der Waals surface area contributed by atoms with Gasteiger partial charge in [0.2, 0.25) is 0 Å². The summed E-state index contributed by atoms with van der Waals surface area (Å²) in [4.78, 5) is 0. The van der Waals surface area contributed by atoms with E-state index in [0.717, 1.165) is 0 Å². The number of rotatable bonds is 4. The summed E-state index contributed by atoms with van der Waals surface area (Å²) in [6.07, 6.45) is -0.882. The van der Waals surface area contributed by atoms with Crippen LogP contribution in [0.15, 0.2) is 0 Å². The molecule has 1 fully saturated rings. The van der Waals surface area contributed by atoms with E-state index < -0.39 is 16.3 Å². The van der Waals surface area contributed by atoms with Crippen molar-refractivity contribution in [3.63, 3.8) is 0 Å². The molecule has 1 rings (SSSR count). The highest BCUT2D eigenvalue weighted by molar-refractivity contribution is 7.86. The van der Waals surface area contributed by atoms with Crippen molar-refractivity contribution in [1.82, 2.24) is 8.61 Å². The van der Waals surface area contributed by atoms with E-state index in [1.807, 2.05) is 13.8 Å². The molecule has 1 heterocycles. The minimum atomic E-state index is -3.50. The summed E-state index contributed by atoms with van der Waals surface area (Å²) in [6.45, 7) is 6.09. The van der Waals surface area contributed by atoms with Crippen LogP contribution in [-0.2, 0) is 14.9 Å². The molecule has 1 N–H and O–H groups in total. The molecule has 0 amide bonds. The Morgan fingerprint density at radius 1 is 1.41 bits per heavy atom. The van der Waals surface area contributed by atoms with Crippen molar-refractivity contribution in [2.45, 2.75) is 39.1 Å². The molecule has 1 aliphatic heterocycles. The second-order valence-corrected chi connectivity index (χ2v) is 6.75. The van der Waals surface area contributed by atoms with Crippen LogP contribution >= 0.6 is 0 Å². The van der Waals surface area contributed by atoms with Crippen LogP contribution in [0.5, 0.6) is 0 Å². The standard InChI is InChI=1S/C10H22N2O4S/c1-8(13)5-11(4)17(14,15)12-6-9(2)16-10(3)7-12/h8-10,13H,5-7H2,1-4H3. The number of hydrogen-bond acceptors (Lipinski definition) is 4. The summed E-state index contributed by atoms with van der Waals surface area (Å²) in [5.41, 5.74) is 0. The Morgan fingerprint density at radius 2 is 1.88 bits per heavy atom. The van der Waals surface area contributed by atoms with Gasteiger partial charge in [-0.15, -0.1) is 0 Å². The molecule has 0 aromatic rings. The number of nitrogens with zero attached hydrogens (tertiary/aromatic N) is 2. The fourth-order valence-electron chi connectivity index (χ4n) is 1.98. The van der Waals surface area contributed by atoms with Gasteiger partial charge in [-0.1, -0.05) is 0 Å². The molecular formula is C10H22N2O4S. The first kappa shape index (κ1) is 14.8. The number of ether oxygens (including phenoxy) is 1. The molecule has 3 atom stereocenters. The van der Waals surface area contributed by atoms with E-state index in [4.69, 9.17) is 4.74 Å². The van der Waals surface area contributed by atoms with E-state index in [1.54, 1.807) is 6.92 Å². The van der Waals surface area contributed by atoms with Gasteiger partial charge in [0, 0.05) is 26.7 Å². The van der Waals surface area contributed by atoms with Gasteiger partial charge in [0.05, 0.1) is 18.3 Å². The van der Waals surface area contributed by atoms with Crippen LogP contribution in [-0.4, -0.2) is 67.1 Å². The van der Waals surface area contributed by atoms with Crippen molar-refractivity contribution in [1.29, 1.82) is 0 Å². The third-order valence-corrected chi connectivity index (χ3v) is 4.52. The zero-order chi connectivity index (χ0) is 13.2. The number of morpholine rings is 1. The first-order valence-corrected chi connectivity index (χ1v) is 7.18. The van der Waals surface area contributed by atoms with Gasteiger partial charge < -0.3 is 9.84 Å². The Labute approximate surface area is 103 Å². The van der Waals surface area contributed by atoms with Crippen LogP contribution in [0, 0.1) is 0 Å². The lowest BCUT2D eigenvalue weighted by atomic mass is 10.3. The summed E-state index contributed by atoms with van der Waals surface area (Å²) < 4.78 is 32.5. The molecular weight excluding hydrogens is 244 g/mol. The van der Waals surface area contributed by atoms with Crippen LogP contribution in [0.25, 0.3) is 0 Å². The Bertz CT molecular complexity index is 334. The van der Waals surface area contributed by atoms with E-state index in [1.165, 1.54) is 15.7 Å². The SMILES string of the molecule is CC(O)CN(C)S(=O)(=O)N1CC(C)OC(C)C1. The van der Waals surface area contributed by atoms with E-state index in [2.05, 4.69) is 0 Å². The van der Waals surface area contributed by atoms with Gasteiger partial charge >= 0.3 is 0 Å². The third-order valence-electron chi connectivity index (χ3n) is 2.63. The van der Waals surface area contributed by atoms with Gasteiger partial charge in [0.1, 0.15) is 0 Å². The zero-order valence-electron chi connectivity index (χ0n) is 10.8. The highest BCUT2D eigenvalue weighted by Gasteiger charge is 2.33. The highest BCUT2D eigenvalue weighted by Crippen LogP contribution is 2.16. The van der Waals surface area contributed by atoms with Crippen molar-refractivity contribution in [3.8, 4) is 0 Å². The van der Waals surface area contributed by atoms with Crippen LogP contribution in [0.2, 0.25) is 0 Å². The van der Waals surface area contributed by atoms with Crippen molar-refractivity contribution in [2.24, 2.45) is 0 Å². The Balaban J connectivity index is 2.75. The molecule has 17 heavy (non-hydrogen) atoms. The van der Waals surface area contributed by atoms with E-state index >= 15 is 0 Å². The minimum Gasteiger partial charge on any atom is -0.392 e. The predicted molar refractivity (Wildman–Crippen MR) is 64.8 cm³/mol. The summed E-state index contributed by atoms with van der Waals surface area (Å²) in [7, 11) is -2.02. The second kappa shape index (κ2) is 5.62. The Morgan fingerprint density at radius 3 is 2.29 bits per heavy atom. The topological polar surface area (TPSA) is 70.1 Å². The number of aliphatic hydroxyl groups is 1. The van der Waals surface area contributed by atoms with E-state index in [0.29, 0.717) is 13.1 Å². The lowest BCUT2D eigenvalue weighted by Gasteiger charge is -2.36. The smallest absolute Gasteiger partial charge is 0.281 e. The minimum absolute atomic E-state index is 0.0997. The molecule has 102 valence electrons. The Hall–Kier alpha value is -0.210. The monoisotopic (exact) mass is 266 g/mol. The number of hydrogen-bond donors (Lipinski definition) is 1. The van der Waals surface area contributed by atoms with Crippen LogP contribution in [0.3, 0.4) is 0 Å². The molecule has 0 aromatic heterocycles. The maximum atomic E-state index is 12.2. The third kappa shape index (κ3) is 3.89. The molecule has 6 nitrogen and oxygen atoms in total. The molecule has 7 heteroatoms. The van der Waals surface area contributed by atoms with Crippen molar-refractivity contribution in [3.05, 3.63) is 0 Å². The maximum Gasteiger partial charge on any atom is 0.281 e.